The van der Waals surface area contributed by atoms with Crippen LogP contribution in [0, 0.1) is 0 Å². The topological polar surface area (TPSA) is 55.6 Å². The second-order valence-corrected chi connectivity index (χ2v) is 5.99. The van der Waals surface area contributed by atoms with E-state index in [-0.39, 0.29) is 11.9 Å². The van der Waals surface area contributed by atoms with Crippen molar-refractivity contribution in [3.05, 3.63) is 23.8 Å². The molecule has 21 heavy (non-hydrogen) atoms. The molecule has 0 aromatic heterocycles. The van der Waals surface area contributed by atoms with Crippen molar-refractivity contribution < 1.29 is 9.53 Å². The summed E-state index contributed by atoms with van der Waals surface area (Å²) in [6.45, 7) is 7.00. The van der Waals surface area contributed by atoms with Crippen molar-refractivity contribution >= 4 is 11.5 Å². The SMILES string of the molecule is CC(C)Oc1ccc(C(=O)CCN2CCCCC2)cc1N. The molecule has 0 bridgehead atoms. The van der Waals surface area contributed by atoms with Gasteiger partial charge < -0.3 is 15.4 Å². The molecule has 2 rings (SSSR count). The van der Waals surface area contributed by atoms with Crippen LogP contribution in [0.4, 0.5) is 5.69 Å². The third kappa shape index (κ3) is 4.74. The molecular formula is C17H26N2O2. The van der Waals surface area contributed by atoms with E-state index in [1.807, 2.05) is 19.9 Å². The van der Waals surface area contributed by atoms with Crippen LogP contribution >= 0.6 is 0 Å². The Hall–Kier alpha value is -1.55. The minimum absolute atomic E-state index is 0.0768. The van der Waals surface area contributed by atoms with E-state index in [2.05, 4.69) is 4.90 Å². The molecule has 1 fully saturated rings. The molecule has 1 aliphatic heterocycles. The van der Waals surface area contributed by atoms with E-state index in [0.29, 0.717) is 23.4 Å². The van der Waals surface area contributed by atoms with E-state index in [1.165, 1.54) is 19.3 Å². The number of likely N-dealkylation sites (tertiary alicyclic amines) is 1. The number of rotatable bonds is 6. The molecule has 1 saturated heterocycles. The Labute approximate surface area is 127 Å². The van der Waals surface area contributed by atoms with Gasteiger partial charge in [-0.05, 0) is 58.0 Å². The number of hydrogen-bond acceptors (Lipinski definition) is 4. The average molecular weight is 290 g/mol. The zero-order valence-electron chi connectivity index (χ0n) is 13.1. The van der Waals surface area contributed by atoms with Crippen LogP contribution < -0.4 is 10.5 Å². The Morgan fingerprint density at radius 2 is 2.00 bits per heavy atom. The molecule has 0 amide bonds. The smallest absolute Gasteiger partial charge is 0.164 e. The van der Waals surface area contributed by atoms with Gasteiger partial charge in [0.05, 0.1) is 11.8 Å². The van der Waals surface area contributed by atoms with Crippen LogP contribution in [0.5, 0.6) is 5.75 Å². The number of anilines is 1. The predicted octanol–water partition coefficient (Wildman–Crippen LogP) is 3.11. The first-order valence-corrected chi connectivity index (χ1v) is 7.88. The Morgan fingerprint density at radius 1 is 1.29 bits per heavy atom. The first kappa shape index (κ1) is 15.8. The standard InChI is InChI=1S/C17H26N2O2/c1-13(2)21-17-7-6-14(12-15(17)18)16(20)8-11-19-9-4-3-5-10-19/h6-7,12-13H,3-5,8-11,18H2,1-2H3. The molecule has 0 spiro atoms. The molecule has 116 valence electrons. The maximum absolute atomic E-state index is 12.3. The number of nitrogens with two attached hydrogens (primary N) is 1. The van der Waals surface area contributed by atoms with Crippen LogP contribution in [0.3, 0.4) is 0 Å². The summed E-state index contributed by atoms with van der Waals surface area (Å²) in [6, 6.07) is 5.34. The molecule has 1 aromatic carbocycles. The summed E-state index contributed by atoms with van der Waals surface area (Å²) in [5, 5.41) is 0. The Kier molecular flexibility index (Phi) is 5.62. The number of nitrogens with zero attached hydrogens (tertiary/aromatic N) is 1. The number of nitrogen functional groups attached to an aromatic ring is 1. The minimum Gasteiger partial charge on any atom is -0.489 e. The number of hydrogen-bond donors (Lipinski definition) is 1. The minimum atomic E-state index is 0.0768. The van der Waals surface area contributed by atoms with Gasteiger partial charge in [-0.3, -0.25) is 4.79 Å². The molecule has 0 saturated carbocycles. The van der Waals surface area contributed by atoms with Gasteiger partial charge in [0.1, 0.15) is 5.75 Å². The van der Waals surface area contributed by atoms with Crippen LogP contribution in [0.1, 0.15) is 49.9 Å². The number of carbonyl (C=O) groups excluding carboxylic acids is 1. The first-order chi connectivity index (χ1) is 10.1. The van der Waals surface area contributed by atoms with E-state index in [4.69, 9.17) is 10.5 Å². The Morgan fingerprint density at radius 3 is 2.62 bits per heavy atom. The number of ether oxygens (including phenoxy) is 1. The largest absolute Gasteiger partial charge is 0.489 e. The summed E-state index contributed by atoms with van der Waals surface area (Å²) in [6.07, 6.45) is 4.46. The zero-order valence-corrected chi connectivity index (χ0v) is 13.1. The average Bonchev–Trinajstić information content (AvgIpc) is 2.47. The fraction of sp³-hybridized carbons (Fsp3) is 0.588. The van der Waals surface area contributed by atoms with Crippen LogP contribution in [-0.2, 0) is 0 Å². The fourth-order valence-electron chi connectivity index (χ4n) is 2.67. The van der Waals surface area contributed by atoms with E-state index >= 15 is 0 Å². The summed E-state index contributed by atoms with van der Waals surface area (Å²) >= 11 is 0. The highest BCUT2D eigenvalue weighted by molar-refractivity contribution is 5.97. The Balaban J connectivity index is 1.91. The first-order valence-electron chi connectivity index (χ1n) is 7.88. The summed E-state index contributed by atoms with van der Waals surface area (Å²) in [5.41, 5.74) is 7.17. The second kappa shape index (κ2) is 7.46. The Bertz CT molecular complexity index is 480. The lowest BCUT2D eigenvalue weighted by atomic mass is 10.1. The van der Waals surface area contributed by atoms with Crippen molar-refractivity contribution in [3.8, 4) is 5.75 Å². The summed E-state index contributed by atoms with van der Waals surface area (Å²) in [5.74, 6) is 0.806. The second-order valence-electron chi connectivity index (χ2n) is 5.99. The summed E-state index contributed by atoms with van der Waals surface area (Å²) in [4.78, 5) is 14.6. The van der Waals surface area contributed by atoms with Gasteiger partial charge in [0.25, 0.3) is 0 Å². The van der Waals surface area contributed by atoms with Gasteiger partial charge in [-0.1, -0.05) is 6.42 Å². The van der Waals surface area contributed by atoms with E-state index in [1.54, 1.807) is 12.1 Å². The maximum atomic E-state index is 12.3. The third-order valence-electron chi connectivity index (χ3n) is 3.80. The fourth-order valence-corrected chi connectivity index (χ4v) is 2.67. The molecule has 2 N–H and O–H groups in total. The highest BCUT2D eigenvalue weighted by atomic mass is 16.5. The molecule has 4 heteroatoms. The van der Waals surface area contributed by atoms with Crippen LogP contribution in [-0.4, -0.2) is 36.4 Å². The molecular weight excluding hydrogens is 264 g/mol. The highest BCUT2D eigenvalue weighted by Gasteiger charge is 2.14. The van der Waals surface area contributed by atoms with Crippen molar-refractivity contribution in [2.24, 2.45) is 0 Å². The normalized spacial score (nSPS) is 16.1. The van der Waals surface area contributed by atoms with Gasteiger partial charge in [0.2, 0.25) is 0 Å². The van der Waals surface area contributed by atoms with Gasteiger partial charge in [0.15, 0.2) is 5.78 Å². The van der Waals surface area contributed by atoms with Crippen molar-refractivity contribution in [1.82, 2.24) is 4.90 Å². The predicted molar refractivity (Wildman–Crippen MR) is 85.9 cm³/mol. The van der Waals surface area contributed by atoms with Crippen molar-refractivity contribution in [2.75, 3.05) is 25.4 Å². The van der Waals surface area contributed by atoms with Crippen molar-refractivity contribution in [2.45, 2.75) is 45.6 Å². The molecule has 0 unspecified atom stereocenters. The van der Waals surface area contributed by atoms with Gasteiger partial charge in [-0.15, -0.1) is 0 Å². The van der Waals surface area contributed by atoms with Crippen LogP contribution in [0.25, 0.3) is 0 Å². The van der Waals surface area contributed by atoms with Crippen LogP contribution in [0.2, 0.25) is 0 Å². The quantitative estimate of drug-likeness (QED) is 0.646. The molecule has 1 heterocycles. The van der Waals surface area contributed by atoms with Gasteiger partial charge in [-0.2, -0.15) is 0 Å². The summed E-state index contributed by atoms with van der Waals surface area (Å²) in [7, 11) is 0. The van der Waals surface area contributed by atoms with Crippen molar-refractivity contribution in [1.29, 1.82) is 0 Å². The van der Waals surface area contributed by atoms with E-state index < -0.39 is 0 Å². The molecule has 4 nitrogen and oxygen atoms in total. The van der Waals surface area contributed by atoms with Gasteiger partial charge in [0, 0.05) is 18.5 Å². The number of piperidine rings is 1. The lowest BCUT2D eigenvalue weighted by molar-refractivity contribution is 0.0958. The van der Waals surface area contributed by atoms with Gasteiger partial charge in [-0.25, -0.2) is 0 Å². The van der Waals surface area contributed by atoms with E-state index in [0.717, 1.165) is 19.6 Å². The van der Waals surface area contributed by atoms with Crippen molar-refractivity contribution in [3.63, 3.8) is 0 Å². The van der Waals surface area contributed by atoms with Crippen LogP contribution in [0.15, 0.2) is 18.2 Å². The zero-order chi connectivity index (χ0) is 15.2. The number of ketones is 1. The number of Topliss-reactive ketones (excluding diaryl/α,β-unsaturated/α-hetero) is 1. The third-order valence-corrected chi connectivity index (χ3v) is 3.80. The molecule has 1 aliphatic rings. The lowest BCUT2D eigenvalue weighted by Gasteiger charge is -2.25. The molecule has 0 aliphatic carbocycles. The monoisotopic (exact) mass is 290 g/mol. The molecule has 0 atom stereocenters. The maximum Gasteiger partial charge on any atom is 0.164 e. The van der Waals surface area contributed by atoms with E-state index in [9.17, 15) is 4.79 Å². The molecule has 1 aromatic rings. The summed E-state index contributed by atoms with van der Waals surface area (Å²) < 4.78 is 5.59. The highest BCUT2D eigenvalue weighted by Crippen LogP contribution is 2.24. The lowest BCUT2D eigenvalue weighted by Crippen LogP contribution is -2.31. The van der Waals surface area contributed by atoms with Gasteiger partial charge >= 0.3 is 0 Å². The number of carbonyl (C=O) groups is 1. The number of benzene rings is 1. The molecule has 0 radical (unpaired) electrons.